The lowest BCUT2D eigenvalue weighted by Gasteiger charge is -2.46. The molecule has 0 spiro atoms. The maximum atomic E-state index is 12.6. The van der Waals surface area contributed by atoms with Gasteiger partial charge in [0.05, 0.1) is 6.26 Å². The highest BCUT2D eigenvalue weighted by atomic mass is 16.3. The van der Waals surface area contributed by atoms with E-state index in [-0.39, 0.29) is 11.3 Å². The smallest absolute Gasteiger partial charge is 0.289 e. The monoisotopic (exact) mass is 310 g/mol. The lowest BCUT2D eigenvalue weighted by Crippen LogP contribution is -2.56. The molecule has 0 N–H and O–H groups in total. The Morgan fingerprint density at radius 3 is 2.65 bits per heavy atom. The molecule has 0 bridgehead atoms. The zero-order valence-corrected chi connectivity index (χ0v) is 13.4. The predicted octanol–water partition coefficient (Wildman–Crippen LogP) is 2.77. The number of benzene rings is 1. The molecular formula is C19H22N2O2. The second-order valence-corrected chi connectivity index (χ2v) is 6.75. The van der Waals surface area contributed by atoms with Gasteiger partial charge in [-0.2, -0.15) is 0 Å². The molecule has 2 aliphatic heterocycles. The summed E-state index contributed by atoms with van der Waals surface area (Å²) in [5.74, 6) is 0.454. The molecule has 1 amide bonds. The zero-order chi connectivity index (χ0) is 15.9. The fourth-order valence-corrected chi connectivity index (χ4v) is 4.35. The van der Waals surface area contributed by atoms with Gasteiger partial charge in [0.2, 0.25) is 0 Å². The van der Waals surface area contributed by atoms with Crippen molar-refractivity contribution in [3.05, 3.63) is 60.1 Å². The molecule has 1 aromatic heterocycles. The molecule has 120 valence electrons. The number of amides is 1. The van der Waals surface area contributed by atoms with Gasteiger partial charge in [-0.1, -0.05) is 30.3 Å². The van der Waals surface area contributed by atoms with Gasteiger partial charge in [0.25, 0.3) is 5.91 Å². The zero-order valence-electron chi connectivity index (χ0n) is 13.4. The Balaban J connectivity index is 1.62. The lowest BCUT2D eigenvalue weighted by atomic mass is 9.69. The number of likely N-dealkylation sites (N-methyl/N-ethyl adjacent to an activating group) is 1. The molecule has 2 saturated heterocycles. The van der Waals surface area contributed by atoms with Crippen molar-refractivity contribution in [2.75, 3.05) is 26.7 Å². The Bertz CT molecular complexity index is 683. The first-order chi connectivity index (χ1) is 11.2. The molecule has 0 aliphatic carbocycles. The Morgan fingerprint density at radius 2 is 1.91 bits per heavy atom. The van der Waals surface area contributed by atoms with Gasteiger partial charge in [0, 0.05) is 24.5 Å². The second-order valence-electron chi connectivity index (χ2n) is 6.75. The minimum Gasteiger partial charge on any atom is -0.459 e. The molecule has 2 atom stereocenters. The summed E-state index contributed by atoms with van der Waals surface area (Å²) in [6, 6.07) is 14.7. The summed E-state index contributed by atoms with van der Waals surface area (Å²) in [6.45, 7) is 2.64. The number of hydrogen-bond donors (Lipinski definition) is 0. The minimum absolute atomic E-state index is 0.0111. The quantitative estimate of drug-likeness (QED) is 0.856. The van der Waals surface area contributed by atoms with E-state index in [2.05, 4.69) is 42.3 Å². The van der Waals surface area contributed by atoms with E-state index in [1.165, 1.54) is 12.0 Å². The first kappa shape index (κ1) is 14.5. The number of likely N-dealkylation sites (tertiary alicyclic amines) is 2. The van der Waals surface area contributed by atoms with Crippen LogP contribution >= 0.6 is 0 Å². The number of hydrogen-bond acceptors (Lipinski definition) is 3. The lowest BCUT2D eigenvalue weighted by molar-refractivity contribution is 0.0524. The Labute approximate surface area is 136 Å². The van der Waals surface area contributed by atoms with E-state index in [1.54, 1.807) is 18.4 Å². The number of rotatable bonds is 2. The molecule has 1 aromatic carbocycles. The van der Waals surface area contributed by atoms with Crippen LogP contribution in [-0.2, 0) is 5.41 Å². The molecule has 2 aliphatic rings. The Hall–Kier alpha value is -2.07. The third-order valence-corrected chi connectivity index (χ3v) is 5.67. The molecule has 4 heteroatoms. The average Bonchev–Trinajstić information content (AvgIpc) is 3.24. The van der Waals surface area contributed by atoms with E-state index in [9.17, 15) is 4.79 Å². The fourth-order valence-electron chi connectivity index (χ4n) is 4.35. The topological polar surface area (TPSA) is 36.7 Å². The summed E-state index contributed by atoms with van der Waals surface area (Å²) >= 11 is 0. The van der Waals surface area contributed by atoms with Crippen molar-refractivity contribution >= 4 is 5.91 Å². The number of carbonyl (C=O) groups is 1. The first-order valence-corrected chi connectivity index (χ1v) is 8.29. The van der Waals surface area contributed by atoms with E-state index in [0.717, 1.165) is 26.1 Å². The van der Waals surface area contributed by atoms with Crippen LogP contribution in [0.15, 0.2) is 53.1 Å². The third kappa shape index (κ3) is 2.29. The number of fused-ring (bicyclic) bond motifs is 1. The van der Waals surface area contributed by atoms with E-state index in [1.807, 2.05) is 4.90 Å². The van der Waals surface area contributed by atoms with E-state index >= 15 is 0 Å². The Kier molecular flexibility index (Phi) is 3.49. The van der Waals surface area contributed by atoms with Gasteiger partial charge in [-0.3, -0.25) is 4.79 Å². The van der Waals surface area contributed by atoms with Gasteiger partial charge in [-0.15, -0.1) is 0 Å². The summed E-state index contributed by atoms with van der Waals surface area (Å²) < 4.78 is 5.29. The van der Waals surface area contributed by atoms with Crippen LogP contribution in [0.25, 0.3) is 0 Å². The highest BCUT2D eigenvalue weighted by Gasteiger charge is 2.50. The summed E-state index contributed by atoms with van der Waals surface area (Å²) in [4.78, 5) is 17.0. The highest BCUT2D eigenvalue weighted by Crippen LogP contribution is 2.45. The molecule has 0 radical (unpaired) electrons. The molecule has 23 heavy (non-hydrogen) atoms. The summed E-state index contributed by atoms with van der Waals surface area (Å²) in [6.07, 6.45) is 3.74. The van der Waals surface area contributed by atoms with Crippen molar-refractivity contribution in [3.8, 4) is 0 Å². The number of furan rings is 1. The van der Waals surface area contributed by atoms with Gasteiger partial charge in [0.15, 0.2) is 5.76 Å². The van der Waals surface area contributed by atoms with Crippen LogP contribution in [0, 0.1) is 0 Å². The van der Waals surface area contributed by atoms with Crippen LogP contribution in [0.1, 0.15) is 29.0 Å². The maximum absolute atomic E-state index is 12.6. The van der Waals surface area contributed by atoms with Crippen LogP contribution in [0.3, 0.4) is 0 Å². The number of nitrogens with zero attached hydrogens (tertiary/aromatic N) is 2. The SMILES string of the molecule is CN1CC[C@]2(c3ccccc3)CCN(C(=O)c3ccco3)C[C@H]12. The van der Waals surface area contributed by atoms with Crippen molar-refractivity contribution in [2.45, 2.75) is 24.3 Å². The summed E-state index contributed by atoms with van der Waals surface area (Å²) in [5.41, 5.74) is 1.59. The fraction of sp³-hybridized carbons (Fsp3) is 0.421. The largest absolute Gasteiger partial charge is 0.459 e. The predicted molar refractivity (Wildman–Crippen MR) is 88.4 cm³/mol. The van der Waals surface area contributed by atoms with E-state index in [0.29, 0.717) is 11.8 Å². The normalized spacial score (nSPS) is 27.9. The van der Waals surface area contributed by atoms with Gasteiger partial charge in [-0.25, -0.2) is 0 Å². The molecule has 0 unspecified atom stereocenters. The van der Waals surface area contributed by atoms with Gasteiger partial charge in [-0.05, 0) is 44.1 Å². The summed E-state index contributed by atoms with van der Waals surface area (Å²) in [5, 5.41) is 0. The standard InChI is InChI=1S/C19H22N2O2/c1-20-11-9-19(15-6-3-2-4-7-15)10-12-21(14-17(19)20)18(22)16-8-5-13-23-16/h2-8,13,17H,9-12,14H2,1H3/t17-,19+/m0/s1. The molecule has 4 rings (SSSR count). The van der Waals surface area contributed by atoms with Crippen LogP contribution < -0.4 is 0 Å². The third-order valence-electron chi connectivity index (χ3n) is 5.67. The van der Waals surface area contributed by atoms with Crippen molar-refractivity contribution < 1.29 is 9.21 Å². The summed E-state index contributed by atoms with van der Waals surface area (Å²) in [7, 11) is 2.18. The first-order valence-electron chi connectivity index (χ1n) is 8.29. The Morgan fingerprint density at radius 1 is 1.13 bits per heavy atom. The van der Waals surface area contributed by atoms with Crippen LogP contribution in [0.2, 0.25) is 0 Å². The van der Waals surface area contributed by atoms with Gasteiger partial charge < -0.3 is 14.2 Å². The van der Waals surface area contributed by atoms with Crippen LogP contribution in [0.4, 0.5) is 0 Å². The molecule has 2 fully saturated rings. The molecule has 3 heterocycles. The molecular weight excluding hydrogens is 288 g/mol. The van der Waals surface area contributed by atoms with Crippen LogP contribution in [-0.4, -0.2) is 48.4 Å². The van der Waals surface area contributed by atoms with Crippen molar-refractivity contribution in [3.63, 3.8) is 0 Å². The number of piperidine rings is 1. The molecule has 2 aromatic rings. The molecule has 0 saturated carbocycles. The van der Waals surface area contributed by atoms with Gasteiger partial charge >= 0.3 is 0 Å². The maximum Gasteiger partial charge on any atom is 0.289 e. The van der Waals surface area contributed by atoms with Crippen molar-refractivity contribution in [2.24, 2.45) is 0 Å². The van der Waals surface area contributed by atoms with E-state index in [4.69, 9.17) is 4.42 Å². The molecule has 4 nitrogen and oxygen atoms in total. The van der Waals surface area contributed by atoms with Crippen molar-refractivity contribution in [1.29, 1.82) is 0 Å². The van der Waals surface area contributed by atoms with Crippen molar-refractivity contribution in [1.82, 2.24) is 9.80 Å². The van der Waals surface area contributed by atoms with E-state index < -0.39 is 0 Å². The van der Waals surface area contributed by atoms with Crippen LogP contribution in [0.5, 0.6) is 0 Å². The second kappa shape index (κ2) is 5.53. The number of carbonyl (C=O) groups excluding carboxylic acids is 1. The average molecular weight is 310 g/mol. The van der Waals surface area contributed by atoms with Gasteiger partial charge in [0.1, 0.15) is 0 Å². The minimum atomic E-state index is 0.0111. The highest BCUT2D eigenvalue weighted by molar-refractivity contribution is 5.91.